The number of amides is 1. The van der Waals surface area contributed by atoms with Crippen LogP contribution in [0.25, 0.3) is 11.0 Å². The predicted molar refractivity (Wildman–Crippen MR) is 98.3 cm³/mol. The number of nitrogens with zero attached hydrogens (tertiary/aromatic N) is 3. The van der Waals surface area contributed by atoms with Crippen LogP contribution in [0, 0.1) is 0 Å². The van der Waals surface area contributed by atoms with E-state index in [1.54, 1.807) is 43.5 Å². The number of benzene rings is 1. The Labute approximate surface area is 151 Å². The molecule has 2 aromatic heterocycles. The average molecular weight is 352 g/mol. The second kappa shape index (κ2) is 7.35. The van der Waals surface area contributed by atoms with E-state index in [1.165, 1.54) is 6.20 Å². The van der Waals surface area contributed by atoms with Crippen LogP contribution in [-0.4, -0.2) is 33.2 Å². The predicted octanol–water partition coefficient (Wildman–Crippen LogP) is 3.44. The van der Waals surface area contributed by atoms with Gasteiger partial charge in [-0.05, 0) is 51.1 Å². The van der Waals surface area contributed by atoms with Gasteiger partial charge in [-0.1, -0.05) is 0 Å². The lowest BCUT2D eigenvalue weighted by Crippen LogP contribution is -2.13. The van der Waals surface area contributed by atoms with Gasteiger partial charge in [0, 0.05) is 23.3 Å². The molecule has 7 nitrogen and oxygen atoms in total. The van der Waals surface area contributed by atoms with Gasteiger partial charge in [-0.2, -0.15) is 5.10 Å². The quantitative estimate of drug-likeness (QED) is 0.711. The summed E-state index contributed by atoms with van der Waals surface area (Å²) in [6.07, 6.45) is 3.23. The lowest BCUT2D eigenvalue weighted by molar-refractivity contribution is 0.0526. The van der Waals surface area contributed by atoms with Crippen molar-refractivity contribution >= 4 is 28.6 Å². The third kappa shape index (κ3) is 3.56. The zero-order valence-corrected chi connectivity index (χ0v) is 14.9. The Morgan fingerprint density at radius 1 is 1.15 bits per heavy atom. The molecule has 0 aliphatic carbocycles. The first-order chi connectivity index (χ1) is 12.5. The summed E-state index contributed by atoms with van der Waals surface area (Å²) in [6.45, 7) is 6.12. The molecular formula is C19H20N4O3. The van der Waals surface area contributed by atoms with E-state index in [0.717, 1.165) is 11.0 Å². The van der Waals surface area contributed by atoms with Crippen molar-refractivity contribution in [3.63, 3.8) is 0 Å². The van der Waals surface area contributed by atoms with Gasteiger partial charge in [-0.3, -0.25) is 4.79 Å². The van der Waals surface area contributed by atoms with Crippen LogP contribution in [-0.2, 0) is 4.74 Å². The van der Waals surface area contributed by atoms with Crippen molar-refractivity contribution in [3.05, 3.63) is 53.9 Å². The third-order valence-corrected chi connectivity index (χ3v) is 3.84. The standard InChI is InChI=1S/C19H20N4O3/c1-4-26-19(25)13-5-7-16(8-6-13)22-18(24)15-9-14-11-21-23(12(2)3)17(14)20-10-15/h5-12H,4H2,1-3H3,(H,22,24). The van der Waals surface area contributed by atoms with E-state index in [9.17, 15) is 9.59 Å². The van der Waals surface area contributed by atoms with Gasteiger partial charge in [0.05, 0.1) is 23.9 Å². The zero-order valence-electron chi connectivity index (χ0n) is 14.9. The van der Waals surface area contributed by atoms with Crippen molar-refractivity contribution in [1.29, 1.82) is 0 Å². The minimum absolute atomic E-state index is 0.192. The van der Waals surface area contributed by atoms with Crippen LogP contribution in [0.2, 0.25) is 0 Å². The van der Waals surface area contributed by atoms with Crippen LogP contribution < -0.4 is 5.32 Å². The Kier molecular flexibility index (Phi) is 4.97. The zero-order chi connectivity index (χ0) is 18.7. The fourth-order valence-electron chi connectivity index (χ4n) is 2.55. The second-order valence-corrected chi connectivity index (χ2v) is 6.07. The molecular weight excluding hydrogens is 332 g/mol. The van der Waals surface area contributed by atoms with Crippen molar-refractivity contribution in [2.24, 2.45) is 0 Å². The maximum Gasteiger partial charge on any atom is 0.338 e. The van der Waals surface area contributed by atoms with E-state index in [1.807, 2.05) is 18.5 Å². The Morgan fingerprint density at radius 2 is 1.88 bits per heavy atom. The third-order valence-electron chi connectivity index (χ3n) is 3.84. The van der Waals surface area contributed by atoms with Gasteiger partial charge < -0.3 is 10.1 Å². The number of hydrogen-bond donors (Lipinski definition) is 1. The molecule has 1 aromatic carbocycles. The molecule has 0 radical (unpaired) electrons. The molecule has 0 aliphatic heterocycles. The highest BCUT2D eigenvalue weighted by Crippen LogP contribution is 2.18. The topological polar surface area (TPSA) is 86.1 Å². The fraction of sp³-hybridized carbons (Fsp3) is 0.263. The molecule has 0 spiro atoms. The van der Waals surface area contributed by atoms with E-state index >= 15 is 0 Å². The second-order valence-electron chi connectivity index (χ2n) is 6.07. The molecule has 0 fully saturated rings. The van der Waals surface area contributed by atoms with E-state index in [4.69, 9.17) is 4.74 Å². The van der Waals surface area contributed by atoms with Crippen molar-refractivity contribution in [3.8, 4) is 0 Å². The molecule has 134 valence electrons. The number of fused-ring (bicyclic) bond motifs is 1. The molecule has 0 aliphatic rings. The van der Waals surface area contributed by atoms with Crippen LogP contribution in [0.4, 0.5) is 5.69 Å². The number of esters is 1. The van der Waals surface area contributed by atoms with E-state index in [-0.39, 0.29) is 17.9 Å². The number of nitrogens with one attached hydrogen (secondary N) is 1. The Morgan fingerprint density at radius 3 is 2.54 bits per heavy atom. The first kappa shape index (κ1) is 17.6. The highest BCUT2D eigenvalue weighted by atomic mass is 16.5. The first-order valence-corrected chi connectivity index (χ1v) is 8.41. The van der Waals surface area contributed by atoms with Crippen molar-refractivity contribution < 1.29 is 14.3 Å². The molecule has 0 atom stereocenters. The maximum atomic E-state index is 12.4. The lowest BCUT2D eigenvalue weighted by Gasteiger charge is -2.08. The fourth-order valence-corrected chi connectivity index (χ4v) is 2.55. The molecule has 0 unspecified atom stereocenters. The number of hydrogen-bond acceptors (Lipinski definition) is 5. The summed E-state index contributed by atoms with van der Waals surface area (Å²) >= 11 is 0. The van der Waals surface area contributed by atoms with Gasteiger partial charge in [0.25, 0.3) is 5.91 Å². The summed E-state index contributed by atoms with van der Waals surface area (Å²) in [5.41, 5.74) is 2.21. The highest BCUT2D eigenvalue weighted by Gasteiger charge is 2.12. The van der Waals surface area contributed by atoms with Crippen molar-refractivity contribution in [2.75, 3.05) is 11.9 Å². The number of anilines is 1. The summed E-state index contributed by atoms with van der Waals surface area (Å²) < 4.78 is 6.75. The molecule has 1 N–H and O–H groups in total. The van der Waals surface area contributed by atoms with Gasteiger partial charge >= 0.3 is 5.97 Å². The first-order valence-electron chi connectivity index (χ1n) is 8.41. The molecule has 1 amide bonds. The molecule has 3 rings (SSSR count). The number of ether oxygens (including phenoxy) is 1. The minimum Gasteiger partial charge on any atom is -0.462 e. The van der Waals surface area contributed by atoms with Gasteiger partial charge in [-0.25, -0.2) is 14.5 Å². The smallest absolute Gasteiger partial charge is 0.338 e. The van der Waals surface area contributed by atoms with Gasteiger partial charge in [0.1, 0.15) is 0 Å². The largest absolute Gasteiger partial charge is 0.462 e. The molecule has 26 heavy (non-hydrogen) atoms. The summed E-state index contributed by atoms with van der Waals surface area (Å²) in [7, 11) is 0. The molecule has 0 bridgehead atoms. The number of pyridine rings is 1. The van der Waals surface area contributed by atoms with Crippen LogP contribution in [0.3, 0.4) is 0 Å². The molecule has 0 saturated carbocycles. The minimum atomic E-state index is -0.387. The Bertz CT molecular complexity index is 945. The van der Waals surface area contributed by atoms with Crippen LogP contribution in [0.1, 0.15) is 47.5 Å². The average Bonchev–Trinajstić information content (AvgIpc) is 3.06. The van der Waals surface area contributed by atoms with E-state index in [2.05, 4.69) is 15.4 Å². The van der Waals surface area contributed by atoms with Crippen LogP contribution >= 0.6 is 0 Å². The Balaban J connectivity index is 1.75. The summed E-state index contributed by atoms with van der Waals surface area (Å²) in [5.74, 6) is -0.664. The monoisotopic (exact) mass is 352 g/mol. The molecule has 7 heteroatoms. The molecule has 0 saturated heterocycles. The van der Waals surface area contributed by atoms with Gasteiger partial charge in [-0.15, -0.1) is 0 Å². The van der Waals surface area contributed by atoms with Crippen molar-refractivity contribution in [2.45, 2.75) is 26.8 Å². The van der Waals surface area contributed by atoms with Gasteiger partial charge in [0.15, 0.2) is 5.65 Å². The number of carbonyl (C=O) groups is 2. The van der Waals surface area contributed by atoms with Crippen LogP contribution in [0.15, 0.2) is 42.7 Å². The van der Waals surface area contributed by atoms with Gasteiger partial charge in [0.2, 0.25) is 0 Å². The Hall–Kier alpha value is -3.22. The molecule has 2 heterocycles. The van der Waals surface area contributed by atoms with Crippen LogP contribution in [0.5, 0.6) is 0 Å². The number of carbonyl (C=O) groups excluding carboxylic acids is 2. The maximum absolute atomic E-state index is 12.4. The highest BCUT2D eigenvalue weighted by molar-refractivity contribution is 6.05. The van der Waals surface area contributed by atoms with E-state index < -0.39 is 0 Å². The summed E-state index contributed by atoms with van der Waals surface area (Å²) in [6, 6.07) is 8.50. The summed E-state index contributed by atoms with van der Waals surface area (Å²) in [5, 5.41) is 7.90. The van der Waals surface area contributed by atoms with E-state index in [0.29, 0.717) is 23.4 Å². The normalized spacial score (nSPS) is 10.9. The van der Waals surface area contributed by atoms with Crippen molar-refractivity contribution in [1.82, 2.24) is 14.8 Å². The summed E-state index contributed by atoms with van der Waals surface area (Å²) in [4.78, 5) is 28.5. The number of aromatic nitrogens is 3. The lowest BCUT2D eigenvalue weighted by atomic mass is 10.2. The number of rotatable bonds is 5. The SMILES string of the molecule is CCOC(=O)c1ccc(NC(=O)c2cnc3c(cnn3C(C)C)c2)cc1. The molecule has 3 aromatic rings.